The number of nitrogens with one attached hydrogen (secondary N) is 1. The largest absolute Gasteiger partial charge is 0.326 e. The van der Waals surface area contributed by atoms with Crippen LogP contribution in [0.3, 0.4) is 0 Å². The quantitative estimate of drug-likeness (QED) is 0.837. The van der Waals surface area contributed by atoms with Gasteiger partial charge in [-0.1, -0.05) is 40.5 Å². The van der Waals surface area contributed by atoms with Crippen LogP contribution in [0.25, 0.3) is 0 Å². The van der Waals surface area contributed by atoms with Crippen LogP contribution in [0.2, 0.25) is 0 Å². The van der Waals surface area contributed by atoms with E-state index < -0.39 is 0 Å². The van der Waals surface area contributed by atoms with Crippen LogP contribution in [0.1, 0.15) is 66.2 Å². The Morgan fingerprint density at radius 2 is 1.90 bits per heavy atom. The molecule has 1 saturated carbocycles. The highest BCUT2D eigenvalue weighted by atomic mass is 16.2. The highest BCUT2D eigenvalue weighted by molar-refractivity contribution is 5.84. The number of hydrogen-bond acceptors (Lipinski definition) is 2. The SMILES string of the molecule is CCC1NC(CC(C)C)C(=O)N1CC1CCC(C)CC1. The standard InChI is InChI=1S/C17H32N2O/c1-5-16-18-15(10-12(2)3)17(20)19(16)11-14-8-6-13(4)7-9-14/h12-16,18H,5-11H2,1-4H3. The Morgan fingerprint density at radius 1 is 1.25 bits per heavy atom. The van der Waals surface area contributed by atoms with Gasteiger partial charge in [0, 0.05) is 6.54 Å². The molecule has 1 aliphatic carbocycles. The van der Waals surface area contributed by atoms with Crippen LogP contribution in [-0.2, 0) is 4.79 Å². The van der Waals surface area contributed by atoms with Crippen molar-refractivity contribution in [1.29, 1.82) is 0 Å². The predicted octanol–water partition coefficient (Wildman–Crippen LogP) is 3.40. The average molecular weight is 280 g/mol. The predicted molar refractivity (Wildman–Crippen MR) is 83.3 cm³/mol. The maximum Gasteiger partial charge on any atom is 0.241 e. The van der Waals surface area contributed by atoms with Crippen LogP contribution in [0.15, 0.2) is 0 Å². The fraction of sp³-hybridized carbons (Fsp3) is 0.941. The molecular formula is C17H32N2O. The molecular weight excluding hydrogens is 248 g/mol. The third kappa shape index (κ3) is 3.75. The van der Waals surface area contributed by atoms with Gasteiger partial charge < -0.3 is 4.90 Å². The van der Waals surface area contributed by atoms with Gasteiger partial charge in [0.1, 0.15) is 0 Å². The summed E-state index contributed by atoms with van der Waals surface area (Å²) < 4.78 is 0. The molecule has 2 fully saturated rings. The molecule has 2 rings (SSSR count). The van der Waals surface area contributed by atoms with E-state index in [-0.39, 0.29) is 12.2 Å². The second-order valence-electron chi connectivity index (χ2n) is 7.39. The molecule has 2 unspecified atom stereocenters. The molecule has 0 radical (unpaired) electrons. The molecule has 1 aliphatic heterocycles. The van der Waals surface area contributed by atoms with Gasteiger partial charge in [0.25, 0.3) is 0 Å². The number of amides is 1. The first kappa shape index (κ1) is 15.8. The number of carbonyl (C=O) groups is 1. The molecule has 0 aromatic rings. The van der Waals surface area contributed by atoms with Crippen molar-refractivity contribution in [2.24, 2.45) is 17.8 Å². The Morgan fingerprint density at radius 3 is 2.45 bits per heavy atom. The minimum absolute atomic E-state index is 0.0578. The summed E-state index contributed by atoms with van der Waals surface area (Å²) in [6.45, 7) is 9.90. The van der Waals surface area contributed by atoms with Crippen molar-refractivity contribution in [3.05, 3.63) is 0 Å². The summed E-state index contributed by atoms with van der Waals surface area (Å²) in [7, 11) is 0. The van der Waals surface area contributed by atoms with Crippen LogP contribution in [0, 0.1) is 17.8 Å². The first-order valence-electron chi connectivity index (χ1n) is 8.57. The lowest BCUT2D eigenvalue weighted by atomic mass is 9.82. The van der Waals surface area contributed by atoms with Crippen molar-refractivity contribution < 1.29 is 4.79 Å². The number of carbonyl (C=O) groups excluding carboxylic acids is 1. The molecule has 0 bridgehead atoms. The topological polar surface area (TPSA) is 32.3 Å². The monoisotopic (exact) mass is 280 g/mol. The third-order valence-electron chi connectivity index (χ3n) is 5.04. The van der Waals surface area contributed by atoms with Gasteiger partial charge in [0.15, 0.2) is 0 Å². The van der Waals surface area contributed by atoms with Gasteiger partial charge in [-0.25, -0.2) is 0 Å². The zero-order valence-corrected chi connectivity index (χ0v) is 13.7. The maximum atomic E-state index is 12.6. The third-order valence-corrected chi connectivity index (χ3v) is 5.04. The molecule has 2 atom stereocenters. The highest BCUT2D eigenvalue weighted by Gasteiger charge is 2.39. The molecule has 0 aromatic carbocycles. The minimum Gasteiger partial charge on any atom is -0.326 e. The van der Waals surface area contributed by atoms with E-state index in [1.54, 1.807) is 0 Å². The van der Waals surface area contributed by atoms with Gasteiger partial charge in [0.05, 0.1) is 12.2 Å². The molecule has 1 amide bonds. The molecule has 3 nitrogen and oxygen atoms in total. The summed E-state index contributed by atoms with van der Waals surface area (Å²) in [4.78, 5) is 14.8. The van der Waals surface area contributed by atoms with Crippen molar-refractivity contribution in [1.82, 2.24) is 10.2 Å². The van der Waals surface area contributed by atoms with Crippen molar-refractivity contribution in [2.75, 3.05) is 6.54 Å². The fourth-order valence-corrected chi connectivity index (χ4v) is 3.73. The number of nitrogens with zero attached hydrogens (tertiary/aromatic N) is 1. The smallest absolute Gasteiger partial charge is 0.241 e. The Bertz CT molecular complexity index is 321. The van der Waals surface area contributed by atoms with Gasteiger partial charge in [-0.05, 0) is 43.4 Å². The van der Waals surface area contributed by atoms with Crippen LogP contribution in [0.5, 0.6) is 0 Å². The number of hydrogen-bond donors (Lipinski definition) is 1. The Hall–Kier alpha value is -0.570. The summed E-state index contributed by atoms with van der Waals surface area (Å²) in [6.07, 6.45) is 7.54. The molecule has 1 heterocycles. The number of rotatable bonds is 5. The molecule has 0 spiro atoms. The Kier molecular flexibility index (Phi) is 5.48. The van der Waals surface area contributed by atoms with Gasteiger partial charge in [-0.15, -0.1) is 0 Å². The Labute approximate surface area is 124 Å². The lowest BCUT2D eigenvalue weighted by Gasteiger charge is -2.32. The lowest BCUT2D eigenvalue weighted by Crippen LogP contribution is -2.40. The van der Waals surface area contributed by atoms with Gasteiger partial charge in [-0.3, -0.25) is 10.1 Å². The first-order chi connectivity index (χ1) is 9.51. The van der Waals surface area contributed by atoms with E-state index in [0.717, 1.165) is 31.2 Å². The van der Waals surface area contributed by atoms with Crippen molar-refractivity contribution in [3.8, 4) is 0 Å². The van der Waals surface area contributed by atoms with Crippen molar-refractivity contribution in [2.45, 2.75) is 78.4 Å². The van der Waals surface area contributed by atoms with E-state index in [2.05, 4.69) is 37.9 Å². The second-order valence-corrected chi connectivity index (χ2v) is 7.39. The molecule has 116 valence electrons. The fourth-order valence-electron chi connectivity index (χ4n) is 3.73. The zero-order chi connectivity index (χ0) is 14.7. The molecule has 2 aliphatic rings. The average Bonchev–Trinajstić information content (AvgIpc) is 2.69. The summed E-state index contributed by atoms with van der Waals surface area (Å²) in [5.41, 5.74) is 0. The first-order valence-corrected chi connectivity index (χ1v) is 8.57. The summed E-state index contributed by atoms with van der Waals surface area (Å²) >= 11 is 0. The van der Waals surface area contributed by atoms with E-state index >= 15 is 0 Å². The summed E-state index contributed by atoms with van der Waals surface area (Å²) in [5.74, 6) is 2.53. The van der Waals surface area contributed by atoms with E-state index in [1.807, 2.05) is 0 Å². The molecule has 20 heavy (non-hydrogen) atoms. The van der Waals surface area contributed by atoms with Crippen molar-refractivity contribution >= 4 is 5.91 Å². The molecule has 1 N–H and O–H groups in total. The molecule has 0 aromatic heterocycles. The summed E-state index contributed by atoms with van der Waals surface area (Å²) in [5, 5.41) is 3.55. The van der Waals surface area contributed by atoms with Crippen LogP contribution in [0.4, 0.5) is 0 Å². The highest BCUT2D eigenvalue weighted by Crippen LogP contribution is 2.30. The normalized spacial score (nSPS) is 35.0. The lowest BCUT2D eigenvalue weighted by molar-refractivity contribution is -0.131. The van der Waals surface area contributed by atoms with Crippen LogP contribution < -0.4 is 5.32 Å². The summed E-state index contributed by atoms with van der Waals surface area (Å²) in [6, 6.07) is 0.0578. The second kappa shape index (κ2) is 6.93. The maximum absolute atomic E-state index is 12.6. The van der Waals surface area contributed by atoms with E-state index in [4.69, 9.17) is 0 Å². The van der Waals surface area contributed by atoms with Gasteiger partial charge in [-0.2, -0.15) is 0 Å². The van der Waals surface area contributed by atoms with E-state index in [9.17, 15) is 4.79 Å². The molecule has 3 heteroatoms. The van der Waals surface area contributed by atoms with Crippen LogP contribution >= 0.6 is 0 Å². The van der Waals surface area contributed by atoms with Crippen LogP contribution in [-0.4, -0.2) is 29.6 Å². The van der Waals surface area contributed by atoms with Crippen molar-refractivity contribution in [3.63, 3.8) is 0 Å². The van der Waals surface area contributed by atoms with E-state index in [1.165, 1.54) is 25.7 Å². The molecule has 1 saturated heterocycles. The van der Waals surface area contributed by atoms with Gasteiger partial charge >= 0.3 is 0 Å². The Balaban J connectivity index is 1.93. The minimum atomic E-state index is 0.0578. The zero-order valence-electron chi connectivity index (χ0n) is 13.7. The van der Waals surface area contributed by atoms with E-state index in [0.29, 0.717) is 11.8 Å². The van der Waals surface area contributed by atoms with Gasteiger partial charge in [0.2, 0.25) is 5.91 Å².